The van der Waals surface area contributed by atoms with E-state index in [0.29, 0.717) is 24.1 Å². The van der Waals surface area contributed by atoms with Crippen molar-refractivity contribution in [1.82, 2.24) is 20.5 Å². The second-order valence-electron chi connectivity index (χ2n) is 10.2. The molecule has 3 N–H and O–H groups in total. The molecular formula is C29H33IN4O3S. The summed E-state index contributed by atoms with van der Waals surface area (Å²) in [6, 6.07) is 14.7. The summed E-state index contributed by atoms with van der Waals surface area (Å²) in [7, 11) is 0. The van der Waals surface area contributed by atoms with Crippen molar-refractivity contribution < 1.29 is 14.7 Å². The van der Waals surface area contributed by atoms with Crippen LogP contribution < -0.4 is 10.6 Å². The number of benzene rings is 2. The van der Waals surface area contributed by atoms with Crippen LogP contribution >= 0.6 is 33.9 Å². The van der Waals surface area contributed by atoms with Crippen LogP contribution in [0, 0.1) is 10.5 Å². The van der Waals surface area contributed by atoms with Gasteiger partial charge in [0.2, 0.25) is 0 Å². The highest BCUT2D eigenvalue weighted by Gasteiger charge is 2.34. The Bertz CT molecular complexity index is 1280. The number of rotatable bonds is 8. The van der Waals surface area contributed by atoms with Crippen LogP contribution in [0.3, 0.4) is 0 Å². The van der Waals surface area contributed by atoms with Gasteiger partial charge in [0.25, 0.3) is 11.8 Å². The quantitative estimate of drug-likeness (QED) is 0.315. The van der Waals surface area contributed by atoms with E-state index < -0.39 is 12.1 Å². The summed E-state index contributed by atoms with van der Waals surface area (Å²) < 4.78 is 0.817. The van der Waals surface area contributed by atoms with Gasteiger partial charge in [-0.2, -0.15) is 0 Å². The molecule has 0 bridgehead atoms. The zero-order chi connectivity index (χ0) is 26.6. The molecule has 0 saturated carbocycles. The normalized spacial score (nSPS) is 20.9. The van der Waals surface area contributed by atoms with Gasteiger partial charge in [-0.05, 0) is 91.9 Å². The van der Waals surface area contributed by atoms with Crippen LogP contribution in [0.4, 0.5) is 0 Å². The summed E-state index contributed by atoms with van der Waals surface area (Å²) >= 11 is 3.75. The third-order valence-electron chi connectivity index (χ3n) is 7.38. The molecule has 0 radical (unpaired) electrons. The monoisotopic (exact) mass is 644 g/mol. The van der Waals surface area contributed by atoms with E-state index in [1.807, 2.05) is 53.6 Å². The van der Waals surface area contributed by atoms with E-state index in [4.69, 9.17) is 0 Å². The molecule has 200 valence electrons. The first-order chi connectivity index (χ1) is 18.4. The summed E-state index contributed by atoms with van der Waals surface area (Å²) in [4.78, 5) is 33.7. The average molecular weight is 645 g/mol. The van der Waals surface area contributed by atoms with Crippen LogP contribution in [0.15, 0.2) is 53.9 Å². The van der Waals surface area contributed by atoms with Gasteiger partial charge in [-0.1, -0.05) is 30.3 Å². The number of carbonyl (C=O) groups is 2. The highest BCUT2D eigenvalue weighted by molar-refractivity contribution is 14.1. The van der Waals surface area contributed by atoms with Gasteiger partial charge in [-0.15, -0.1) is 11.3 Å². The number of amides is 2. The molecule has 0 aliphatic carbocycles. The molecule has 0 unspecified atom stereocenters. The first-order valence-corrected chi connectivity index (χ1v) is 15.1. The molecule has 3 heterocycles. The Balaban J connectivity index is 1.36. The minimum Gasteiger partial charge on any atom is -0.389 e. The van der Waals surface area contributed by atoms with E-state index in [0.717, 1.165) is 52.1 Å². The molecule has 2 aromatic carbocycles. The van der Waals surface area contributed by atoms with Gasteiger partial charge in [-0.3, -0.25) is 9.59 Å². The second-order valence-corrected chi connectivity index (χ2v) is 12.3. The fourth-order valence-corrected chi connectivity index (χ4v) is 7.08. The van der Waals surface area contributed by atoms with Crippen molar-refractivity contribution in [3.8, 4) is 0 Å². The average Bonchev–Trinajstić information content (AvgIpc) is 3.69. The lowest BCUT2D eigenvalue weighted by Crippen LogP contribution is -2.52. The number of aromatic nitrogens is 1. The summed E-state index contributed by atoms with van der Waals surface area (Å²) in [6.45, 7) is 3.51. The number of likely N-dealkylation sites (tertiary alicyclic amines) is 1. The zero-order valence-corrected chi connectivity index (χ0v) is 24.4. The van der Waals surface area contributed by atoms with E-state index in [2.05, 4.69) is 38.2 Å². The molecule has 2 fully saturated rings. The topological polar surface area (TPSA) is 94.6 Å². The van der Waals surface area contributed by atoms with E-state index in [1.165, 1.54) is 0 Å². The van der Waals surface area contributed by atoms with Gasteiger partial charge in [0.05, 0.1) is 18.2 Å². The van der Waals surface area contributed by atoms with Crippen molar-refractivity contribution in [3.05, 3.63) is 84.9 Å². The van der Waals surface area contributed by atoms with Gasteiger partial charge in [0.15, 0.2) is 0 Å². The smallest absolute Gasteiger partial charge is 0.254 e. The zero-order valence-electron chi connectivity index (χ0n) is 21.4. The van der Waals surface area contributed by atoms with E-state index in [9.17, 15) is 14.7 Å². The van der Waals surface area contributed by atoms with Gasteiger partial charge in [0.1, 0.15) is 5.01 Å². The summed E-state index contributed by atoms with van der Waals surface area (Å²) in [5.74, 6) is -0.368. The molecule has 9 heteroatoms. The van der Waals surface area contributed by atoms with E-state index in [-0.39, 0.29) is 23.9 Å². The number of aryl methyl sites for hydroxylation is 1. The van der Waals surface area contributed by atoms with Crippen molar-refractivity contribution in [2.45, 2.75) is 63.3 Å². The van der Waals surface area contributed by atoms with Crippen LogP contribution in [-0.2, 0) is 6.42 Å². The molecule has 3 aromatic rings. The molecule has 2 saturated heterocycles. The second kappa shape index (κ2) is 12.2. The van der Waals surface area contributed by atoms with Gasteiger partial charge >= 0.3 is 0 Å². The number of aliphatic hydroxyl groups is 1. The first-order valence-electron chi connectivity index (χ1n) is 13.2. The van der Waals surface area contributed by atoms with Crippen LogP contribution in [0.1, 0.15) is 68.7 Å². The highest BCUT2D eigenvalue weighted by Crippen LogP contribution is 2.35. The van der Waals surface area contributed by atoms with Crippen molar-refractivity contribution in [3.63, 3.8) is 0 Å². The highest BCUT2D eigenvalue weighted by atomic mass is 127. The fraction of sp³-hybridized carbons (Fsp3) is 0.414. The standard InChI is InChI=1S/C29H33IN4O3S/c1-18-17-38-28(32-18)25-10-6-12-34(25)29(37)21-14-20(15-22(30)16-21)27(36)33-24(13-19-7-3-2-4-8-19)26(35)23-9-5-11-31-23/h2-4,7-8,14-17,23-26,31,35H,5-6,9-13H2,1H3,(H,33,36)/t23-,24+,25-,26+/m1/s1. The van der Waals surface area contributed by atoms with Gasteiger partial charge in [-0.25, -0.2) is 4.98 Å². The number of halogens is 1. The van der Waals surface area contributed by atoms with E-state index >= 15 is 0 Å². The molecule has 2 aliphatic rings. The molecule has 7 nitrogen and oxygen atoms in total. The van der Waals surface area contributed by atoms with Crippen molar-refractivity contribution in [1.29, 1.82) is 0 Å². The molecule has 2 aliphatic heterocycles. The predicted octanol–water partition coefficient (Wildman–Crippen LogP) is 4.49. The van der Waals surface area contributed by atoms with Crippen LogP contribution in [0.2, 0.25) is 0 Å². The maximum Gasteiger partial charge on any atom is 0.254 e. The Kier molecular flexibility index (Phi) is 8.77. The maximum absolute atomic E-state index is 13.6. The van der Waals surface area contributed by atoms with Gasteiger partial charge in [0, 0.05) is 38.4 Å². The lowest BCUT2D eigenvalue weighted by atomic mass is 9.95. The number of nitrogens with zero attached hydrogens (tertiary/aromatic N) is 2. The minimum atomic E-state index is -0.724. The first kappa shape index (κ1) is 27.2. The summed E-state index contributed by atoms with van der Waals surface area (Å²) in [5.41, 5.74) is 2.94. The number of thiazole rings is 1. The Morgan fingerprint density at radius 1 is 1.18 bits per heavy atom. The Hall–Kier alpha value is -2.34. The largest absolute Gasteiger partial charge is 0.389 e. The molecule has 0 spiro atoms. The lowest BCUT2D eigenvalue weighted by Gasteiger charge is -2.29. The third kappa shape index (κ3) is 6.27. The van der Waals surface area contributed by atoms with Crippen LogP contribution in [0.5, 0.6) is 0 Å². The van der Waals surface area contributed by atoms with Crippen molar-refractivity contribution in [2.75, 3.05) is 13.1 Å². The van der Waals surface area contributed by atoms with Crippen molar-refractivity contribution >= 4 is 45.7 Å². The number of hydrogen-bond acceptors (Lipinski definition) is 6. The molecular weight excluding hydrogens is 611 g/mol. The molecule has 38 heavy (non-hydrogen) atoms. The number of nitrogens with one attached hydrogen (secondary N) is 2. The van der Waals surface area contributed by atoms with Crippen molar-refractivity contribution in [2.24, 2.45) is 0 Å². The summed E-state index contributed by atoms with van der Waals surface area (Å²) in [6.07, 6.45) is 3.50. The Morgan fingerprint density at radius 3 is 2.68 bits per heavy atom. The minimum absolute atomic E-state index is 0.0272. The van der Waals surface area contributed by atoms with Crippen LogP contribution in [-0.4, -0.2) is 58.1 Å². The number of aliphatic hydroxyl groups excluding tert-OH is 1. The number of carbonyl (C=O) groups excluding carboxylic acids is 2. The van der Waals surface area contributed by atoms with Gasteiger partial charge < -0.3 is 20.6 Å². The maximum atomic E-state index is 13.6. The predicted molar refractivity (Wildman–Crippen MR) is 157 cm³/mol. The van der Waals surface area contributed by atoms with Crippen LogP contribution in [0.25, 0.3) is 0 Å². The summed E-state index contributed by atoms with van der Waals surface area (Å²) in [5, 5.41) is 20.6. The number of hydrogen-bond donors (Lipinski definition) is 3. The van der Waals surface area contributed by atoms with E-state index in [1.54, 1.807) is 23.5 Å². The Labute approximate surface area is 241 Å². The SMILES string of the molecule is Cc1csc([C@H]2CCCN2C(=O)c2cc(I)cc(C(=O)N[C@@H](Cc3ccccc3)[C@@H](O)[C@H]3CCCN3)c2)n1. The molecule has 4 atom stereocenters. The Morgan fingerprint density at radius 2 is 1.97 bits per heavy atom. The molecule has 5 rings (SSSR count). The fourth-order valence-electron chi connectivity index (χ4n) is 5.46. The molecule has 1 aromatic heterocycles. The molecule has 2 amide bonds. The third-order valence-corrected chi connectivity index (χ3v) is 9.07. The lowest BCUT2D eigenvalue weighted by molar-refractivity contribution is 0.0733.